The summed E-state index contributed by atoms with van der Waals surface area (Å²) >= 11 is 3.89. The first-order valence-corrected chi connectivity index (χ1v) is 8.06. The van der Waals surface area contributed by atoms with Crippen LogP contribution in [0.5, 0.6) is 0 Å². The van der Waals surface area contributed by atoms with Gasteiger partial charge in [-0.25, -0.2) is 0 Å². The predicted octanol–water partition coefficient (Wildman–Crippen LogP) is 6.27. The normalized spacial score (nSPS) is 18.3. The topological polar surface area (TPSA) is 0 Å². The Morgan fingerprint density at radius 3 is 2.50 bits per heavy atom. The SMILES string of the molecule is CCCCC1=C(Br)C(CCCC)c2ccccc21. The molecule has 1 unspecified atom stereocenters. The highest BCUT2D eigenvalue weighted by atomic mass is 79.9. The lowest BCUT2D eigenvalue weighted by Crippen LogP contribution is -1.95. The number of unbranched alkanes of at least 4 members (excludes halogenated alkanes) is 2. The maximum Gasteiger partial charge on any atom is 0.0164 e. The minimum absolute atomic E-state index is 0.619. The fourth-order valence-electron chi connectivity index (χ4n) is 2.85. The van der Waals surface area contributed by atoms with E-state index in [9.17, 15) is 0 Å². The third-order valence-electron chi connectivity index (χ3n) is 3.88. The van der Waals surface area contributed by atoms with Crippen LogP contribution in [0.25, 0.3) is 5.57 Å². The van der Waals surface area contributed by atoms with Crippen LogP contribution in [0.15, 0.2) is 28.7 Å². The van der Waals surface area contributed by atoms with E-state index in [0.717, 1.165) is 0 Å². The molecule has 0 amide bonds. The van der Waals surface area contributed by atoms with E-state index in [1.807, 2.05) is 0 Å². The Labute approximate surface area is 120 Å². The van der Waals surface area contributed by atoms with Crippen molar-refractivity contribution in [3.63, 3.8) is 0 Å². The number of rotatable bonds is 6. The zero-order valence-corrected chi connectivity index (χ0v) is 13.1. The smallest absolute Gasteiger partial charge is 0.0164 e. The average molecular weight is 307 g/mol. The molecule has 0 spiro atoms. The lowest BCUT2D eigenvalue weighted by Gasteiger charge is -2.12. The quantitative estimate of drug-likeness (QED) is 0.581. The molecule has 18 heavy (non-hydrogen) atoms. The number of hydrogen-bond donors (Lipinski definition) is 0. The van der Waals surface area contributed by atoms with Gasteiger partial charge in [-0.2, -0.15) is 0 Å². The lowest BCUT2D eigenvalue weighted by atomic mass is 9.95. The first-order chi connectivity index (χ1) is 8.79. The summed E-state index contributed by atoms with van der Waals surface area (Å²) in [4.78, 5) is 0. The maximum atomic E-state index is 3.89. The van der Waals surface area contributed by atoms with Crippen molar-refractivity contribution in [3.05, 3.63) is 39.9 Å². The molecule has 0 radical (unpaired) electrons. The molecule has 98 valence electrons. The van der Waals surface area contributed by atoms with Crippen LogP contribution in [0.4, 0.5) is 0 Å². The van der Waals surface area contributed by atoms with Gasteiger partial charge in [-0.1, -0.05) is 73.3 Å². The second-order valence-electron chi connectivity index (χ2n) is 5.21. The first-order valence-electron chi connectivity index (χ1n) is 7.27. The molecule has 2 rings (SSSR count). The molecule has 1 atom stereocenters. The summed E-state index contributed by atoms with van der Waals surface area (Å²) in [5.41, 5.74) is 4.61. The molecule has 0 heterocycles. The maximum absolute atomic E-state index is 3.89. The van der Waals surface area contributed by atoms with E-state index < -0.39 is 0 Å². The van der Waals surface area contributed by atoms with Crippen molar-refractivity contribution in [2.75, 3.05) is 0 Å². The largest absolute Gasteiger partial charge is 0.0654 e. The molecule has 1 heteroatoms. The van der Waals surface area contributed by atoms with Crippen LogP contribution >= 0.6 is 15.9 Å². The Morgan fingerprint density at radius 2 is 1.78 bits per heavy atom. The molecule has 0 nitrogen and oxygen atoms in total. The molecule has 0 saturated heterocycles. The van der Waals surface area contributed by atoms with Crippen LogP contribution in [0.2, 0.25) is 0 Å². The molecule has 0 N–H and O–H groups in total. The number of hydrogen-bond acceptors (Lipinski definition) is 0. The van der Waals surface area contributed by atoms with Gasteiger partial charge in [-0.15, -0.1) is 0 Å². The van der Waals surface area contributed by atoms with Gasteiger partial charge < -0.3 is 0 Å². The van der Waals surface area contributed by atoms with Crippen LogP contribution < -0.4 is 0 Å². The van der Waals surface area contributed by atoms with Crippen molar-refractivity contribution in [1.29, 1.82) is 0 Å². The predicted molar refractivity (Wildman–Crippen MR) is 84.1 cm³/mol. The van der Waals surface area contributed by atoms with Crippen LogP contribution in [0.3, 0.4) is 0 Å². The fourth-order valence-corrected chi connectivity index (χ4v) is 3.74. The van der Waals surface area contributed by atoms with E-state index in [4.69, 9.17) is 0 Å². The summed E-state index contributed by atoms with van der Waals surface area (Å²) in [5, 5.41) is 0. The Morgan fingerprint density at radius 1 is 1.06 bits per heavy atom. The van der Waals surface area contributed by atoms with Crippen LogP contribution in [-0.2, 0) is 0 Å². The van der Waals surface area contributed by atoms with Crippen molar-refractivity contribution >= 4 is 21.5 Å². The summed E-state index contributed by atoms with van der Waals surface area (Å²) < 4.78 is 1.46. The summed E-state index contributed by atoms with van der Waals surface area (Å²) in [5.74, 6) is 0.619. The number of halogens is 1. The zero-order valence-electron chi connectivity index (χ0n) is 11.5. The molecular formula is C17H23Br. The van der Waals surface area contributed by atoms with Gasteiger partial charge in [0.2, 0.25) is 0 Å². The van der Waals surface area contributed by atoms with Crippen molar-refractivity contribution in [3.8, 4) is 0 Å². The van der Waals surface area contributed by atoms with Crippen LogP contribution in [-0.4, -0.2) is 0 Å². The second-order valence-corrected chi connectivity index (χ2v) is 6.07. The Bertz CT molecular complexity index is 431. The summed E-state index contributed by atoms with van der Waals surface area (Å²) in [6.07, 6.45) is 7.66. The van der Waals surface area contributed by atoms with E-state index in [1.54, 1.807) is 11.1 Å². The van der Waals surface area contributed by atoms with Crippen molar-refractivity contribution in [2.24, 2.45) is 0 Å². The van der Waals surface area contributed by atoms with Gasteiger partial charge in [0.25, 0.3) is 0 Å². The molecule has 1 aromatic rings. The minimum Gasteiger partial charge on any atom is -0.0654 e. The number of allylic oxidation sites excluding steroid dienone is 2. The zero-order chi connectivity index (χ0) is 13.0. The molecule has 1 aliphatic rings. The van der Waals surface area contributed by atoms with Gasteiger partial charge in [0.1, 0.15) is 0 Å². The molecule has 1 aromatic carbocycles. The van der Waals surface area contributed by atoms with Gasteiger partial charge in [-0.05, 0) is 36.0 Å². The molecular weight excluding hydrogens is 284 g/mol. The molecule has 0 bridgehead atoms. The summed E-state index contributed by atoms with van der Waals surface area (Å²) in [6, 6.07) is 8.97. The second kappa shape index (κ2) is 6.56. The van der Waals surface area contributed by atoms with Gasteiger partial charge in [0.05, 0.1) is 0 Å². The minimum atomic E-state index is 0.619. The molecule has 0 aliphatic heterocycles. The Kier molecular flexibility index (Phi) is 5.05. The summed E-state index contributed by atoms with van der Waals surface area (Å²) in [7, 11) is 0. The van der Waals surface area contributed by atoms with E-state index in [2.05, 4.69) is 54.0 Å². The van der Waals surface area contributed by atoms with Crippen LogP contribution in [0, 0.1) is 0 Å². The van der Waals surface area contributed by atoms with E-state index in [0.29, 0.717) is 5.92 Å². The van der Waals surface area contributed by atoms with Crippen molar-refractivity contribution in [2.45, 2.75) is 58.3 Å². The van der Waals surface area contributed by atoms with Crippen molar-refractivity contribution in [1.82, 2.24) is 0 Å². The fraction of sp³-hybridized carbons (Fsp3) is 0.529. The number of benzene rings is 1. The van der Waals surface area contributed by atoms with Crippen LogP contribution in [0.1, 0.15) is 69.4 Å². The molecule has 0 saturated carbocycles. The standard InChI is InChI=1S/C17H23Br/c1-3-5-9-15-13-11-7-8-12-14(13)16(17(15)18)10-6-4-2/h7-8,11-12,15H,3-6,9-10H2,1-2H3. The van der Waals surface area contributed by atoms with Gasteiger partial charge in [0.15, 0.2) is 0 Å². The lowest BCUT2D eigenvalue weighted by molar-refractivity contribution is 0.665. The van der Waals surface area contributed by atoms with E-state index in [1.165, 1.54) is 48.6 Å². The van der Waals surface area contributed by atoms with Crippen molar-refractivity contribution < 1.29 is 0 Å². The van der Waals surface area contributed by atoms with Gasteiger partial charge in [-0.3, -0.25) is 0 Å². The highest BCUT2D eigenvalue weighted by molar-refractivity contribution is 9.11. The molecule has 0 fully saturated rings. The monoisotopic (exact) mass is 306 g/mol. The highest BCUT2D eigenvalue weighted by Crippen LogP contribution is 2.48. The first kappa shape index (κ1) is 13.9. The van der Waals surface area contributed by atoms with E-state index >= 15 is 0 Å². The van der Waals surface area contributed by atoms with Gasteiger partial charge >= 0.3 is 0 Å². The third-order valence-corrected chi connectivity index (χ3v) is 4.91. The van der Waals surface area contributed by atoms with E-state index in [-0.39, 0.29) is 0 Å². The third kappa shape index (κ3) is 2.71. The summed E-state index contributed by atoms with van der Waals surface area (Å²) in [6.45, 7) is 4.54. The number of fused-ring (bicyclic) bond motifs is 1. The highest BCUT2D eigenvalue weighted by Gasteiger charge is 2.28. The molecule has 0 aromatic heterocycles. The van der Waals surface area contributed by atoms with Gasteiger partial charge in [0, 0.05) is 10.4 Å². The Hall–Kier alpha value is -0.560. The molecule has 1 aliphatic carbocycles. The average Bonchev–Trinajstić information content (AvgIpc) is 2.66. The Balaban J connectivity index is 2.28.